The molecule has 3 aromatic carbocycles. The standard InChI is InChI=1S/C20H10F6O6S3.C2H6/c21-19(22,23)34(27,28)31-14-8-4-9-15(32-35(29,30)20(24,25)26)17(14)13-7-3-6-12-11-5-1-2-10-16(11)33-18(12)13;1-2/h1-10H;1-2H3. The quantitative estimate of drug-likeness (QED) is 0.140. The summed E-state index contributed by atoms with van der Waals surface area (Å²) in [5.74, 6) is -2.16. The molecule has 0 aliphatic rings. The van der Waals surface area contributed by atoms with E-state index in [4.69, 9.17) is 0 Å². The molecule has 0 spiro atoms. The molecule has 0 radical (unpaired) electrons. The zero-order valence-corrected chi connectivity index (χ0v) is 21.2. The van der Waals surface area contributed by atoms with E-state index in [-0.39, 0.29) is 5.56 Å². The van der Waals surface area contributed by atoms with Gasteiger partial charge in [0.05, 0.1) is 5.56 Å². The number of benzene rings is 3. The first-order valence-electron chi connectivity index (χ1n) is 10.2. The molecule has 6 nitrogen and oxygen atoms in total. The Morgan fingerprint density at radius 1 is 0.649 bits per heavy atom. The minimum Gasteiger partial charge on any atom is -0.375 e. The van der Waals surface area contributed by atoms with Crippen LogP contribution < -0.4 is 8.37 Å². The summed E-state index contributed by atoms with van der Waals surface area (Å²) >= 11 is 1.09. The summed E-state index contributed by atoms with van der Waals surface area (Å²) in [6, 6.07) is 13.4. The summed E-state index contributed by atoms with van der Waals surface area (Å²) in [5.41, 5.74) is -12.6. The summed E-state index contributed by atoms with van der Waals surface area (Å²) in [4.78, 5) is 0. The van der Waals surface area contributed by atoms with Crippen LogP contribution in [0.15, 0.2) is 60.7 Å². The zero-order chi connectivity index (χ0) is 27.8. The van der Waals surface area contributed by atoms with Crippen molar-refractivity contribution in [1.82, 2.24) is 0 Å². The Morgan fingerprint density at radius 2 is 1.11 bits per heavy atom. The van der Waals surface area contributed by atoms with Gasteiger partial charge in [-0.05, 0) is 18.2 Å². The number of thiophene rings is 1. The van der Waals surface area contributed by atoms with Crippen LogP contribution in [-0.2, 0) is 20.2 Å². The van der Waals surface area contributed by atoms with Gasteiger partial charge >= 0.3 is 31.3 Å². The van der Waals surface area contributed by atoms with Gasteiger partial charge < -0.3 is 8.37 Å². The third kappa shape index (κ3) is 5.48. The number of alkyl halides is 6. The highest BCUT2D eigenvalue weighted by atomic mass is 32.2. The van der Waals surface area contributed by atoms with Crippen LogP contribution in [0.4, 0.5) is 26.3 Å². The first kappa shape index (κ1) is 28.5. The zero-order valence-electron chi connectivity index (χ0n) is 18.7. The van der Waals surface area contributed by atoms with Crippen LogP contribution in [0.1, 0.15) is 13.8 Å². The van der Waals surface area contributed by atoms with Crippen molar-refractivity contribution in [2.75, 3.05) is 0 Å². The van der Waals surface area contributed by atoms with Gasteiger partial charge in [-0.15, -0.1) is 11.3 Å². The summed E-state index contributed by atoms with van der Waals surface area (Å²) in [7, 11) is -12.5. The van der Waals surface area contributed by atoms with Crippen LogP contribution in [0.25, 0.3) is 31.3 Å². The minimum atomic E-state index is -6.27. The molecule has 0 bridgehead atoms. The molecular weight excluding hydrogens is 570 g/mol. The van der Waals surface area contributed by atoms with Gasteiger partial charge in [0.2, 0.25) is 0 Å². The molecule has 0 amide bonds. The van der Waals surface area contributed by atoms with Gasteiger partial charge in [0, 0.05) is 25.7 Å². The smallest absolute Gasteiger partial charge is 0.375 e. The van der Waals surface area contributed by atoms with Crippen molar-refractivity contribution >= 4 is 51.7 Å². The summed E-state index contributed by atoms with van der Waals surface area (Å²) in [6.07, 6.45) is 0. The van der Waals surface area contributed by atoms with Crippen molar-refractivity contribution in [3.8, 4) is 22.6 Å². The maximum absolute atomic E-state index is 13.0. The summed E-state index contributed by atoms with van der Waals surface area (Å²) in [6.45, 7) is 4.00. The lowest BCUT2D eigenvalue weighted by Gasteiger charge is -2.17. The molecule has 4 aromatic rings. The maximum Gasteiger partial charge on any atom is 0.534 e. The molecule has 1 aromatic heterocycles. The van der Waals surface area contributed by atoms with E-state index < -0.39 is 48.3 Å². The second-order valence-electron chi connectivity index (χ2n) is 6.88. The second kappa shape index (κ2) is 10.0. The number of rotatable bonds is 5. The Kier molecular flexibility index (Phi) is 7.73. The molecule has 200 valence electrons. The maximum atomic E-state index is 13.0. The fraction of sp³-hybridized carbons (Fsp3) is 0.182. The number of hydrogen-bond donors (Lipinski definition) is 0. The van der Waals surface area contributed by atoms with Gasteiger partial charge in [0.25, 0.3) is 0 Å². The lowest BCUT2D eigenvalue weighted by molar-refractivity contribution is -0.0502. The molecule has 37 heavy (non-hydrogen) atoms. The largest absolute Gasteiger partial charge is 0.534 e. The summed E-state index contributed by atoms with van der Waals surface area (Å²) in [5, 5.41) is 1.22. The van der Waals surface area contributed by atoms with E-state index in [1.807, 2.05) is 13.8 Å². The van der Waals surface area contributed by atoms with Gasteiger partial charge in [-0.1, -0.05) is 56.3 Å². The van der Waals surface area contributed by atoms with Gasteiger partial charge in [-0.25, -0.2) is 0 Å². The Hall–Kier alpha value is -3.04. The molecule has 0 unspecified atom stereocenters. The fourth-order valence-corrected chi connectivity index (χ4v) is 5.35. The Bertz CT molecular complexity index is 1590. The van der Waals surface area contributed by atoms with Crippen LogP contribution in [0.3, 0.4) is 0 Å². The van der Waals surface area contributed by atoms with Gasteiger partial charge in [0.1, 0.15) is 0 Å². The molecule has 0 saturated carbocycles. The normalized spacial score (nSPS) is 12.8. The average Bonchev–Trinajstić information content (AvgIpc) is 3.18. The van der Waals surface area contributed by atoms with Crippen molar-refractivity contribution in [3.05, 3.63) is 60.7 Å². The SMILES string of the molecule is CC.O=S(=O)(Oc1cccc(OS(=O)(=O)C(F)(F)F)c1-c1cccc2c1sc1ccccc12)C(F)(F)F. The highest BCUT2D eigenvalue weighted by molar-refractivity contribution is 7.88. The molecule has 0 atom stereocenters. The first-order chi connectivity index (χ1) is 17.1. The van der Waals surface area contributed by atoms with Crippen LogP contribution in [0, 0.1) is 0 Å². The number of hydrogen-bond acceptors (Lipinski definition) is 7. The molecule has 0 fully saturated rings. The molecule has 4 rings (SSSR count). The van der Waals surface area contributed by atoms with Crippen LogP contribution in [0.5, 0.6) is 11.5 Å². The Morgan fingerprint density at radius 3 is 1.62 bits per heavy atom. The van der Waals surface area contributed by atoms with Crippen molar-refractivity contribution in [2.45, 2.75) is 24.9 Å². The van der Waals surface area contributed by atoms with Crippen molar-refractivity contribution in [2.24, 2.45) is 0 Å². The van der Waals surface area contributed by atoms with E-state index in [1.165, 1.54) is 12.1 Å². The number of halogens is 6. The van der Waals surface area contributed by atoms with E-state index in [0.29, 0.717) is 20.2 Å². The van der Waals surface area contributed by atoms with Crippen LogP contribution in [0.2, 0.25) is 0 Å². The molecule has 0 aliphatic carbocycles. The lowest BCUT2D eigenvalue weighted by atomic mass is 10.0. The summed E-state index contributed by atoms with van der Waals surface area (Å²) < 4.78 is 134. The van der Waals surface area contributed by atoms with E-state index in [9.17, 15) is 43.2 Å². The third-order valence-electron chi connectivity index (χ3n) is 4.63. The second-order valence-corrected chi connectivity index (χ2v) is 11.0. The number of fused-ring (bicyclic) bond motifs is 3. The first-order valence-corrected chi connectivity index (χ1v) is 13.8. The molecular formula is C22H16F6O6S3. The van der Waals surface area contributed by atoms with Crippen LogP contribution >= 0.6 is 11.3 Å². The molecule has 0 saturated heterocycles. The van der Waals surface area contributed by atoms with Crippen molar-refractivity contribution in [3.63, 3.8) is 0 Å². The lowest BCUT2D eigenvalue weighted by Crippen LogP contribution is -2.29. The predicted octanol–water partition coefficient (Wildman–Crippen LogP) is 7.20. The fourth-order valence-electron chi connectivity index (χ4n) is 3.19. The van der Waals surface area contributed by atoms with E-state index >= 15 is 0 Å². The van der Waals surface area contributed by atoms with Crippen LogP contribution in [-0.4, -0.2) is 27.9 Å². The Labute approximate surface area is 211 Å². The van der Waals surface area contributed by atoms with Gasteiger partial charge in [-0.3, -0.25) is 0 Å². The molecule has 0 aliphatic heterocycles. The third-order valence-corrected chi connectivity index (χ3v) is 7.78. The monoisotopic (exact) mass is 586 g/mol. The topological polar surface area (TPSA) is 86.7 Å². The molecule has 1 heterocycles. The van der Waals surface area contributed by atoms with Crippen molar-refractivity contribution < 1.29 is 51.5 Å². The molecule has 15 heteroatoms. The molecule has 0 N–H and O–H groups in total. The highest BCUT2D eigenvalue weighted by Gasteiger charge is 2.50. The highest BCUT2D eigenvalue weighted by Crippen LogP contribution is 2.47. The van der Waals surface area contributed by atoms with Gasteiger partial charge in [0.15, 0.2) is 11.5 Å². The predicted molar refractivity (Wildman–Crippen MR) is 127 cm³/mol. The van der Waals surface area contributed by atoms with Gasteiger partial charge in [-0.2, -0.15) is 43.2 Å². The Balaban J connectivity index is 0.00000186. The van der Waals surface area contributed by atoms with E-state index in [1.54, 1.807) is 30.3 Å². The van der Waals surface area contributed by atoms with E-state index in [0.717, 1.165) is 29.5 Å². The van der Waals surface area contributed by atoms with Crippen molar-refractivity contribution in [1.29, 1.82) is 0 Å². The average molecular weight is 587 g/mol. The van der Waals surface area contributed by atoms with E-state index in [2.05, 4.69) is 8.37 Å². The minimum absolute atomic E-state index is 0.107.